The van der Waals surface area contributed by atoms with Crippen LogP contribution in [-0.2, 0) is 17.9 Å². The van der Waals surface area contributed by atoms with Crippen LogP contribution in [0.4, 0.5) is 0 Å². The number of hydrogen-bond donors (Lipinski definition) is 1. The second kappa shape index (κ2) is 9.68. The number of carbonyl (C=O) groups is 1. The molecule has 32 heavy (non-hydrogen) atoms. The number of rotatable bonds is 8. The highest BCUT2D eigenvalue weighted by Gasteiger charge is 2.52. The van der Waals surface area contributed by atoms with Crippen molar-refractivity contribution in [2.45, 2.75) is 39.0 Å². The largest absolute Gasteiger partial charge is 0.481 e. The van der Waals surface area contributed by atoms with Gasteiger partial charge in [0.05, 0.1) is 5.41 Å². The molecular weight excluding hydrogens is 396 g/mol. The van der Waals surface area contributed by atoms with E-state index < -0.39 is 11.4 Å². The molecule has 1 fully saturated rings. The molecule has 4 heteroatoms. The van der Waals surface area contributed by atoms with Gasteiger partial charge in [0, 0.05) is 38.3 Å². The smallest absolute Gasteiger partial charge is 0.312 e. The van der Waals surface area contributed by atoms with E-state index in [0.29, 0.717) is 13.1 Å². The Balaban J connectivity index is 1.67. The highest BCUT2D eigenvalue weighted by molar-refractivity contribution is 5.76. The van der Waals surface area contributed by atoms with Crippen LogP contribution in [0.5, 0.6) is 0 Å². The summed E-state index contributed by atoms with van der Waals surface area (Å²) in [4.78, 5) is 17.3. The molecule has 166 valence electrons. The van der Waals surface area contributed by atoms with Crippen LogP contribution in [0.2, 0.25) is 0 Å². The lowest BCUT2D eigenvalue weighted by Crippen LogP contribution is -2.50. The molecule has 4 rings (SSSR count). The zero-order valence-corrected chi connectivity index (χ0v) is 18.9. The van der Waals surface area contributed by atoms with Gasteiger partial charge in [0.25, 0.3) is 0 Å². The Labute approximate surface area is 191 Å². The van der Waals surface area contributed by atoms with Gasteiger partial charge in [0.15, 0.2) is 0 Å². The fourth-order valence-electron chi connectivity index (χ4n) is 4.96. The third-order valence-corrected chi connectivity index (χ3v) is 6.84. The molecule has 4 nitrogen and oxygen atoms in total. The van der Waals surface area contributed by atoms with Crippen LogP contribution in [0, 0.1) is 5.41 Å². The number of nitrogens with zero attached hydrogens (tertiary/aromatic N) is 2. The number of likely N-dealkylation sites (tertiary alicyclic amines) is 1. The van der Waals surface area contributed by atoms with E-state index in [9.17, 15) is 9.90 Å². The van der Waals surface area contributed by atoms with E-state index in [0.717, 1.165) is 13.1 Å². The van der Waals surface area contributed by atoms with Gasteiger partial charge in [-0.3, -0.25) is 14.6 Å². The molecule has 0 aromatic heterocycles. The topological polar surface area (TPSA) is 43.8 Å². The van der Waals surface area contributed by atoms with Crippen LogP contribution in [-0.4, -0.2) is 40.0 Å². The van der Waals surface area contributed by atoms with E-state index >= 15 is 0 Å². The van der Waals surface area contributed by atoms with Crippen molar-refractivity contribution in [3.8, 4) is 0 Å². The summed E-state index contributed by atoms with van der Waals surface area (Å²) >= 11 is 0. The monoisotopic (exact) mass is 428 g/mol. The van der Waals surface area contributed by atoms with Gasteiger partial charge in [-0.2, -0.15) is 0 Å². The first kappa shape index (κ1) is 22.3. The highest BCUT2D eigenvalue weighted by Crippen LogP contribution is 2.39. The van der Waals surface area contributed by atoms with Gasteiger partial charge in [-0.15, -0.1) is 0 Å². The van der Waals surface area contributed by atoms with Crippen LogP contribution in [0.15, 0.2) is 91.0 Å². The van der Waals surface area contributed by atoms with Gasteiger partial charge in [-0.1, -0.05) is 91.0 Å². The van der Waals surface area contributed by atoms with Crippen molar-refractivity contribution in [1.82, 2.24) is 9.80 Å². The minimum absolute atomic E-state index is 0.0942. The first-order valence-electron chi connectivity index (χ1n) is 11.3. The first-order chi connectivity index (χ1) is 15.5. The molecule has 0 amide bonds. The summed E-state index contributed by atoms with van der Waals surface area (Å²) in [7, 11) is 0. The fraction of sp³-hybridized carbons (Fsp3) is 0.321. The highest BCUT2D eigenvalue weighted by atomic mass is 16.4. The van der Waals surface area contributed by atoms with Gasteiger partial charge in [-0.25, -0.2) is 0 Å². The number of hydrogen-bond acceptors (Lipinski definition) is 3. The minimum Gasteiger partial charge on any atom is -0.481 e. The summed E-state index contributed by atoms with van der Waals surface area (Å²) in [6, 6.07) is 31.1. The van der Waals surface area contributed by atoms with Gasteiger partial charge in [0.1, 0.15) is 0 Å². The van der Waals surface area contributed by atoms with Crippen molar-refractivity contribution >= 4 is 5.97 Å². The van der Waals surface area contributed by atoms with E-state index in [1.165, 1.54) is 16.7 Å². The van der Waals surface area contributed by atoms with Gasteiger partial charge < -0.3 is 5.11 Å². The van der Waals surface area contributed by atoms with Crippen LogP contribution in [0.1, 0.15) is 36.6 Å². The molecule has 1 heterocycles. The van der Waals surface area contributed by atoms with Crippen LogP contribution >= 0.6 is 0 Å². The third-order valence-electron chi connectivity index (χ3n) is 6.84. The van der Waals surface area contributed by atoms with Crippen LogP contribution in [0.3, 0.4) is 0 Å². The minimum atomic E-state index is -0.855. The number of carboxylic acids is 1. The lowest BCUT2D eigenvalue weighted by Gasteiger charge is -2.40. The summed E-state index contributed by atoms with van der Waals surface area (Å²) in [6.07, 6.45) is 0. The quantitative estimate of drug-likeness (QED) is 0.534. The molecule has 1 N–H and O–H groups in total. The molecule has 0 aliphatic carbocycles. The number of aliphatic carboxylic acids is 1. The van der Waals surface area contributed by atoms with Crippen molar-refractivity contribution < 1.29 is 9.90 Å². The van der Waals surface area contributed by atoms with Crippen LogP contribution < -0.4 is 0 Å². The summed E-state index contributed by atoms with van der Waals surface area (Å²) < 4.78 is 0. The Bertz CT molecular complexity index is 1010. The second-order valence-corrected chi connectivity index (χ2v) is 9.14. The Morgan fingerprint density at radius 1 is 0.969 bits per heavy atom. The zero-order valence-electron chi connectivity index (χ0n) is 18.9. The van der Waals surface area contributed by atoms with E-state index in [4.69, 9.17) is 0 Å². The maximum absolute atomic E-state index is 12.6. The normalized spacial score (nSPS) is 22.2. The molecule has 0 saturated carbocycles. The molecule has 0 spiro atoms. The predicted molar refractivity (Wildman–Crippen MR) is 128 cm³/mol. The SMILES string of the molecule is CC(c1ccccc1)N(Cc1ccccc1)[C@H]1CN(Cc2ccccc2)C[C@@]1(C)C(=O)O. The van der Waals surface area contributed by atoms with Crippen molar-refractivity contribution in [3.05, 3.63) is 108 Å². The molecule has 0 bridgehead atoms. The van der Waals surface area contributed by atoms with Crippen molar-refractivity contribution in [1.29, 1.82) is 0 Å². The van der Waals surface area contributed by atoms with Crippen molar-refractivity contribution in [2.75, 3.05) is 13.1 Å². The summed E-state index contributed by atoms with van der Waals surface area (Å²) in [5.41, 5.74) is 2.76. The van der Waals surface area contributed by atoms with E-state index in [-0.39, 0.29) is 12.1 Å². The molecule has 3 aromatic carbocycles. The van der Waals surface area contributed by atoms with Gasteiger partial charge in [0.2, 0.25) is 0 Å². The number of benzene rings is 3. The molecule has 3 aromatic rings. The van der Waals surface area contributed by atoms with E-state index in [1.54, 1.807) is 0 Å². The summed E-state index contributed by atoms with van der Waals surface area (Å²) in [6.45, 7) is 6.85. The van der Waals surface area contributed by atoms with Gasteiger partial charge >= 0.3 is 5.97 Å². The lowest BCUT2D eigenvalue weighted by molar-refractivity contribution is -0.150. The summed E-state index contributed by atoms with van der Waals surface area (Å²) in [5.74, 6) is -0.726. The molecule has 1 aliphatic rings. The molecule has 0 radical (unpaired) electrons. The van der Waals surface area contributed by atoms with Crippen molar-refractivity contribution in [2.24, 2.45) is 5.41 Å². The molecule has 1 aliphatic heterocycles. The van der Waals surface area contributed by atoms with Crippen LogP contribution in [0.25, 0.3) is 0 Å². The second-order valence-electron chi connectivity index (χ2n) is 9.14. The van der Waals surface area contributed by atoms with Gasteiger partial charge in [-0.05, 0) is 30.5 Å². The number of carboxylic acid groups (broad SMARTS) is 1. The standard InChI is InChI=1S/C28H32N2O2/c1-22(25-16-10-5-11-17-25)30(19-24-14-8-4-9-15-24)26-20-29(21-28(26,2)27(31)32)18-23-12-6-3-7-13-23/h3-17,22,26H,18-21H2,1-2H3,(H,31,32)/t22?,26-,28+/m0/s1. The average Bonchev–Trinajstić information content (AvgIpc) is 3.16. The Morgan fingerprint density at radius 2 is 1.50 bits per heavy atom. The fourth-order valence-corrected chi connectivity index (χ4v) is 4.96. The first-order valence-corrected chi connectivity index (χ1v) is 11.3. The maximum atomic E-state index is 12.6. The molecule has 1 unspecified atom stereocenters. The Morgan fingerprint density at radius 3 is 2.06 bits per heavy atom. The van der Waals surface area contributed by atoms with Crippen molar-refractivity contribution in [3.63, 3.8) is 0 Å². The van der Waals surface area contributed by atoms with E-state index in [1.807, 2.05) is 49.4 Å². The van der Waals surface area contributed by atoms with E-state index in [2.05, 4.69) is 65.3 Å². The molecular formula is C28H32N2O2. The Kier molecular flexibility index (Phi) is 6.73. The third kappa shape index (κ3) is 4.77. The Hall–Kier alpha value is -2.95. The lowest BCUT2D eigenvalue weighted by atomic mass is 9.83. The predicted octanol–water partition coefficient (Wildman–Crippen LogP) is 5.23. The average molecular weight is 429 g/mol. The molecule has 1 saturated heterocycles. The molecule has 3 atom stereocenters. The maximum Gasteiger partial charge on any atom is 0.312 e. The zero-order chi connectivity index (χ0) is 22.6. The summed E-state index contributed by atoms with van der Waals surface area (Å²) in [5, 5.41) is 10.3.